The summed E-state index contributed by atoms with van der Waals surface area (Å²) in [4.78, 5) is 0.244. The van der Waals surface area contributed by atoms with Crippen molar-refractivity contribution in [3.63, 3.8) is 0 Å². The molecule has 0 spiro atoms. The maximum absolute atomic E-state index is 13.4. The number of hydrogen-bond acceptors (Lipinski definition) is 0. The maximum Gasteiger partial charge on any atom is 0.131 e. The number of benzene rings is 2. The van der Waals surface area contributed by atoms with Crippen molar-refractivity contribution in [3.05, 3.63) is 47.8 Å². The normalized spacial score (nSPS) is 13.1. The summed E-state index contributed by atoms with van der Waals surface area (Å²) >= 11 is 3.51. The van der Waals surface area contributed by atoms with Crippen molar-refractivity contribution in [1.82, 2.24) is 0 Å². The van der Waals surface area contributed by atoms with Crippen LogP contribution in [0.2, 0.25) is 0 Å². The van der Waals surface area contributed by atoms with E-state index in [9.17, 15) is 4.39 Å². The van der Waals surface area contributed by atoms with Gasteiger partial charge in [-0.05, 0) is 23.9 Å². The van der Waals surface area contributed by atoms with Crippen LogP contribution >= 0.6 is 15.9 Å². The molecule has 2 aromatic carbocycles. The van der Waals surface area contributed by atoms with Gasteiger partial charge in [0.05, 0.1) is 0 Å². The Morgan fingerprint density at radius 3 is 2.43 bits per heavy atom. The second kappa shape index (κ2) is 3.70. The summed E-state index contributed by atoms with van der Waals surface area (Å²) in [6.07, 6.45) is 0. The van der Waals surface area contributed by atoms with Crippen molar-refractivity contribution in [2.75, 3.05) is 0 Å². The molecule has 0 saturated carbocycles. The minimum absolute atomic E-state index is 0.155. The molecule has 0 N–H and O–H groups in total. The molecule has 0 heterocycles. The second-order valence-electron chi connectivity index (χ2n) is 3.30. The lowest BCUT2D eigenvalue weighted by Gasteiger charge is -2.08. The largest absolute Gasteiger partial charge is 0.206 e. The van der Waals surface area contributed by atoms with Gasteiger partial charge in [-0.2, -0.15) is 0 Å². The summed E-state index contributed by atoms with van der Waals surface area (Å²) in [6.45, 7) is 2.04. The van der Waals surface area contributed by atoms with Crippen molar-refractivity contribution in [2.45, 2.75) is 11.8 Å². The standard InChI is InChI=1S/C12H10BrF/c1-8(13)9-4-2-6-11-10(9)5-3-7-12(11)14/h2-8H,1H3. The molecule has 0 aliphatic heterocycles. The van der Waals surface area contributed by atoms with Crippen molar-refractivity contribution in [3.8, 4) is 0 Å². The molecular weight excluding hydrogens is 243 g/mol. The van der Waals surface area contributed by atoms with E-state index in [2.05, 4.69) is 15.9 Å². The molecule has 1 unspecified atom stereocenters. The third-order valence-electron chi connectivity index (χ3n) is 2.33. The van der Waals surface area contributed by atoms with E-state index in [4.69, 9.17) is 0 Å². The lowest BCUT2D eigenvalue weighted by Crippen LogP contribution is -1.87. The molecule has 0 aliphatic rings. The van der Waals surface area contributed by atoms with Gasteiger partial charge in [0, 0.05) is 10.2 Å². The Kier molecular flexibility index (Phi) is 2.55. The Bertz CT molecular complexity index is 463. The van der Waals surface area contributed by atoms with Crippen LogP contribution in [-0.2, 0) is 0 Å². The minimum atomic E-state index is -0.155. The van der Waals surface area contributed by atoms with E-state index in [0.29, 0.717) is 5.39 Å². The molecule has 0 saturated heterocycles. The molecule has 2 heteroatoms. The molecule has 14 heavy (non-hydrogen) atoms. The van der Waals surface area contributed by atoms with E-state index >= 15 is 0 Å². The topological polar surface area (TPSA) is 0 Å². The molecule has 0 amide bonds. The van der Waals surface area contributed by atoms with E-state index in [1.165, 1.54) is 6.07 Å². The third kappa shape index (κ3) is 1.55. The number of halogens is 2. The highest BCUT2D eigenvalue weighted by molar-refractivity contribution is 9.09. The highest BCUT2D eigenvalue weighted by atomic mass is 79.9. The van der Waals surface area contributed by atoms with Crippen molar-refractivity contribution in [2.24, 2.45) is 0 Å². The first kappa shape index (κ1) is 9.66. The van der Waals surface area contributed by atoms with Gasteiger partial charge in [0.2, 0.25) is 0 Å². The SMILES string of the molecule is CC(Br)c1cccc2c(F)cccc12. The highest BCUT2D eigenvalue weighted by Crippen LogP contribution is 2.30. The lowest BCUT2D eigenvalue weighted by atomic mass is 10.0. The number of alkyl halides is 1. The first-order valence-electron chi connectivity index (χ1n) is 4.51. The molecular formula is C12H10BrF. The molecule has 0 aromatic heterocycles. The molecule has 72 valence electrons. The highest BCUT2D eigenvalue weighted by Gasteiger charge is 2.07. The third-order valence-corrected chi connectivity index (χ3v) is 2.82. The van der Waals surface area contributed by atoms with E-state index < -0.39 is 0 Å². The summed E-state index contributed by atoms with van der Waals surface area (Å²) in [5, 5.41) is 1.67. The van der Waals surface area contributed by atoms with E-state index in [1.54, 1.807) is 6.07 Å². The first-order valence-corrected chi connectivity index (χ1v) is 5.43. The Balaban J connectivity index is 2.81. The summed E-state index contributed by atoms with van der Waals surface area (Å²) in [7, 11) is 0. The minimum Gasteiger partial charge on any atom is -0.206 e. The smallest absolute Gasteiger partial charge is 0.131 e. The zero-order valence-electron chi connectivity index (χ0n) is 7.80. The molecule has 0 fully saturated rings. The van der Waals surface area contributed by atoms with Crippen molar-refractivity contribution >= 4 is 26.7 Å². The average Bonchev–Trinajstić information content (AvgIpc) is 2.17. The van der Waals surface area contributed by atoms with Gasteiger partial charge >= 0.3 is 0 Å². The Labute approximate surface area is 90.9 Å². The van der Waals surface area contributed by atoms with Crippen LogP contribution in [0.4, 0.5) is 4.39 Å². The summed E-state index contributed by atoms with van der Waals surface area (Å²) in [5.41, 5.74) is 1.13. The van der Waals surface area contributed by atoms with Gasteiger partial charge in [0.25, 0.3) is 0 Å². The van der Waals surface area contributed by atoms with Gasteiger partial charge in [-0.25, -0.2) is 4.39 Å². The maximum atomic E-state index is 13.4. The zero-order chi connectivity index (χ0) is 10.1. The number of fused-ring (bicyclic) bond motifs is 1. The summed E-state index contributed by atoms with van der Waals surface area (Å²) in [6, 6.07) is 10.9. The van der Waals surface area contributed by atoms with Gasteiger partial charge in [0.15, 0.2) is 0 Å². The zero-order valence-corrected chi connectivity index (χ0v) is 9.38. The predicted octanol–water partition coefficient (Wildman–Crippen LogP) is 4.43. The average molecular weight is 253 g/mol. The molecule has 0 radical (unpaired) electrons. The quantitative estimate of drug-likeness (QED) is 0.659. The molecule has 1 atom stereocenters. The van der Waals surface area contributed by atoms with Gasteiger partial charge in [0.1, 0.15) is 5.82 Å². The van der Waals surface area contributed by atoms with Gasteiger partial charge in [-0.15, -0.1) is 0 Å². The summed E-state index contributed by atoms with van der Waals surface area (Å²) < 4.78 is 13.4. The molecule has 0 nitrogen and oxygen atoms in total. The Hall–Kier alpha value is -0.890. The Morgan fingerprint density at radius 2 is 1.71 bits per heavy atom. The van der Waals surface area contributed by atoms with Crippen LogP contribution < -0.4 is 0 Å². The van der Waals surface area contributed by atoms with Gasteiger partial charge < -0.3 is 0 Å². The first-order chi connectivity index (χ1) is 6.70. The fourth-order valence-electron chi connectivity index (χ4n) is 1.64. The fraction of sp³-hybridized carbons (Fsp3) is 0.167. The van der Waals surface area contributed by atoms with Crippen LogP contribution in [-0.4, -0.2) is 0 Å². The van der Waals surface area contributed by atoms with Crippen LogP contribution in [0.25, 0.3) is 10.8 Å². The van der Waals surface area contributed by atoms with Crippen LogP contribution in [0.3, 0.4) is 0 Å². The number of rotatable bonds is 1. The van der Waals surface area contributed by atoms with E-state index in [0.717, 1.165) is 10.9 Å². The van der Waals surface area contributed by atoms with Crippen molar-refractivity contribution in [1.29, 1.82) is 0 Å². The lowest BCUT2D eigenvalue weighted by molar-refractivity contribution is 0.640. The molecule has 2 aromatic rings. The van der Waals surface area contributed by atoms with E-state index in [-0.39, 0.29) is 10.6 Å². The van der Waals surface area contributed by atoms with Gasteiger partial charge in [-0.1, -0.05) is 46.3 Å². The monoisotopic (exact) mass is 252 g/mol. The summed E-state index contributed by atoms with van der Waals surface area (Å²) in [5.74, 6) is -0.155. The molecule has 2 rings (SSSR count). The number of hydrogen-bond donors (Lipinski definition) is 0. The van der Waals surface area contributed by atoms with Gasteiger partial charge in [-0.3, -0.25) is 0 Å². The Morgan fingerprint density at radius 1 is 1.07 bits per heavy atom. The van der Waals surface area contributed by atoms with Crippen molar-refractivity contribution < 1.29 is 4.39 Å². The molecule has 0 bridgehead atoms. The van der Waals surface area contributed by atoms with Crippen LogP contribution in [0.15, 0.2) is 36.4 Å². The second-order valence-corrected chi connectivity index (χ2v) is 4.67. The van der Waals surface area contributed by atoms with Crippen LogP contribution in [0.1, 0.15) is 17.3 Å². The van der Waals surface area contributed by atoms with E-state index in [1.807, 2.05) is 31.2 Å². The molecule has 0 aliphatic carbocycles. The predicted molar refractivity (Wildman–Crippen MR) is 61.2 cm³/mol. The fourth-order valence-corrected chi connectivity index (χ4v) is 2.04. The van der Waals surface area contributed by atoms with Crippen LogP contribution in [0, 0.1) is 5.82 Å². The van der Waals surface area contributed by atoms with Crippen LogP contribution in [0.5, 0.6) is 0 Å².